The van der Waals surface area contributed by atoms with Gasteiger partial charge in [-0.15, -0.1) is 0 Å². The predicted molar refractivity (Wildman–Crippen MR) is 161 cm³/mol. The quantitative estimate of drug-likeness (QED) is 0.328. The second-order valence-electron chi connectivity index (χ2n) is 10.2. The maximum absolute atomic E-state index is 14.1. The minimum absolute atomic E-state index is 0.118. The molecular weight excluding hydrogens is 542 g/mol. The molecule has 220 valence electrons. The van der Waals surface area contributed by atoms with Crippen LogP contribution in [0.3, 0.4) is 0 Å². The van der Waals surface area contributed by atoms with E-state index in [0.717, 1.165) is 27.3 Å². The molecule has 0 heterocycles. The molecule has 0 fully saturated rings. The van der Waals surface area contributed by atoms with Crippen LogP contribution < -0.4 is 19.1 Å². The second kappa shape index (κ2) is 14.0. The minimum Gasteiger partial charge on any atom is -0.493 e. The van der Waals surface area contributed by atoms with Crippen LogP contribution in [-0.2, 0) is 32.6 Å². The Kier molecular flexibility index (Phi) is 10.8. The summed E-state index contributed by atoms with van der Waals surface area (Å²) in [6.45, 7) is 5.26. The van der Waals surface area contributed by atoms with Crippen LogP contribution in [0.1, 0.15) is 30.5 Å². The zero-order valence-electron chi connectivity index (χ0n) is 24.5. The van der Waals surface area contributed by atoms with Crippen molar-refractivity contribution in [3.8, 4) is 11.5 Å². The van der Waals surface area contributed by atoms with Gasteiger partial charge in [0.05, 0.1) is 26.2 Å². The molecule has 41 heavy (non-hydrogen) atoms. The van der Waals surface area contributed by atoms with Crippen LogP contribution in [0, 0.1) is 6.92 Å². The summed E-state index contributed by atoms with van der Waals surface area (Å²) in [4.78, 5) is 29.2. The van der Waals surface area contributed by atoms with Gasteiger partial charge >= 0.3 is 0 Å². The van der Waals surface area contributed by atoms with Crippen molar-refractivity contribution in [3.05, 3.63) is 89.5 Å². The molecule has 2 amide bonds. The molecule has 10 heteroatoms. The van der Waals surface area contributed by atoms with Crippen LogP contribution in [0.4, 0.5) is 5.69 Å². The molecule has 0 radical (unpaired) electrons. The van der Waals surface area contributed by atoms with Gasteiger partial charge in [0.1, 0.15) is 12.6 Å². The van der Waals surface area contributed by atoms with E-state index in [9.17, 15) is 18.0 Å². The van der Waals surface area contributed by atoms with Crippen LogP contribution >= 0.6 is 0 Å². The highest BCUT2D eigenvalue weighted by Crippen LogP contribution is 2.32. The lowest BCUT2D eigenvalue weighted by Gasteiger charge is -2.34. The van der Waals surface area contributed by atoms with Gasteiger partial charge in [0.2, 0.25) is 21.8 Å². The van der Waals surface area contributed by atoms with Gasteiger partial charge in [-0.05, 0) is 44.0 Å². The summed E-state index contributed by atoms with van der Waals surface area (Å²) < 4.78 is 37.6. The number of benzene rings is 3. The molecule has 9 nitrogen and oxygen atoms in total. The molecular formula is C31H39N3O6S. The summed E-state index contributed by atoms with van der Waals surface area (Å²) in [7, 11) is -0.979. The van der Waals surface area contributed by atoms with E-state index in [4.69, 9.17) is 9.47 Å². The molecule has 1 N–H and O–H groups in total. The van der Waals surface area contributed by atoms with Crippen LogP contribution in [0.2, 0.25) is 0 Å². The molecule has 1 unspecified atom stereocenters. The van der Waals surface area contributed by atoms with E-state index in [0.29, 0.717) is 11.5 Å². The molecule has 3 rings (SSSR count). The monoisotopic (exact) mass is 581 g/mol. The van der Waals surface area contributed by atoms with Gasteiger partial charge < -0.3 is 19.7 Å². The molecule has 0 saturated heterocycles. The smallest absolute Gasteiger partial charge is 0.244 e. The summed E-state index contributed by atoms with van der Waals surface area (Å²) in [5, 5.41) is 2.94. The number of sulfonamides is 1. The molecule has 0 spiro atoms. The van der Waals surface area contributed by atoms with Gasteiger partial charge in [-0.1, -0.05) is 60.2 Å². The second-order valence-corrected chi connectivity index (χ2v) is 12.1. The Morgan fingerprint density at radius 1 is 0.878 bits per heavy atom. The van der Waals surface area contributed by atoms with Crippen molar-refractivity contribution in [2.24, 2.45) is 0 Å². The summed E-state index contributed by atoms with van der Waals surface area (Å²) >= 11 is 0. The highest BCUT2D eigenvalue weighted by atomic mass is 32.2. The van der Waals surface area contributed by atoms with Crippen molar-refractivity contribution in [1.82, 2.24) is 10.2 Å². The molecule has 0 aromatic heterocycles. The summed E-state index contributed by atoms with van der Waals surface area (Å²) in [6, 6.07) is 20.7. The average molecular weight is 582 g/mol. The Balaban J connectivity index is 2.08. The molecule has 0 saturated carbocycles. The molecule has 1 atom stereocenters. The van der Waals surface area contributed by atoms with Gasteiger partial charge in [0.25, 0.3) is 0 Å². The fourth-order valence-electron chi connectivity index (χ4n) is 4.54. The maximum Gasteiger partial charge on any atom is 0.244 e. The van der Waals surface area contributed by atoms with E-state index in [-0.39, 0.29) is 30.6 Å². The first kappa shape index (κ1) is 31.5. The number of ether oxygens (including phenoxy) is 2. The van der Waals surface area contributed by atoms with Crippen molar-refractivity contribution in [3.63, 3.8) is 0 Å². The normalized spacial score (nSPS) is 12.0. The third-order valence-electron chi connectivity index (χ3n) is 6.47. The fraction of sp³-hybridized carbons (Fsp3) is 0.355. The zero-order chi connectivity index (χ0) is 30.2. The fourth-order valence-corrected chi connectivity index (χ4v) is 5.38. The first-order chi connectivity index (χ1) is 19.4. The molecule has 0 bridgehead atoms. The van der Waals surface area contributed by atoms with E-state index in [2.05, 4.69) is 5.32 Å². The number of carbonyl (C=O) groups is 2. The van der Waals surface area contributed by atoms with Gasteiger partial charge in [0, 0.05) is 25.1 Å². The van der Waals surface area contributed by atoms with E-state index in [1.54, 1.807) is 12.1 Å². The largest absolute Gasteiger partial charge is 0.493 e. The van der Waals surface area contributed by atoms with E-state index < -0.39 is 28.5 Å². The Morgan fingerprint density at radius 2 is 1.54 bits per heavy atom. The lowest BCUT2D eigenvalue weighted by molar-refractivity contribution is -0.140. The molecule has 3 aromatic rings. The highest BCUT2D eigenvalue weighted by Gasteiger charge is 2.33. The van der Waals surface area contributed by atoms with E-state index in [1.165, 1.54) is 25.2 Å². The number of rotatable bonds is 13. The van der Waals surface area contributed by atoms with Crippen LogP contribution in [0.25, 0.3) is 0 Å². The van der Waals surface area contributed by atoms with Crippen molar-refractivity contribution < 1.29 is 27.5 Å². The third kappa shape index (κ3) is 8.72. The number of methoxy groups -OCH3 is 2. The first-order valence-electron chi connectivity index (χ1n) is 13.3. The lowest BCUT2D eigenvalue weighted by Crippen LogP contribution is -2.54. The van der Waals surface area contributed by atoms with E-state index in [1.807, 2.05) is 75.4 Å². The van der Waals surface area contributed by atoms with E-state index >= 15 is 0 Å². The number of carbonyl (C=O) groups excluding carboxylic acids is 2. The highest BCUT2D eigenvalue weighted by molar-refractivity contribution is 7.92. The number of amides is 2. The molecule has 0 aliphatic carbocycles. The predicted octanol–water partition coefficient (Wildman–Crippen LogP) is 3.94. The van der Waals surface area contributed by atoms with Gasteiger partial charge in [-0.3, -0.25) is 13.9 Å². The third-order valence-corrected chi connectivity index (χ3v) is 7.61. The number of aryl methyl sites for hydroxylation is 1. The average Bonchev–Trinajstić information content (AvgIpc) is 2.92. The lowest BCUT2D eigenvalue weighted by atomic mass is 10.0. The Bertz CT molecular complexity index is 1440. The zero-order valence-corrected chi connectivity index (χ0v) is 25.3. The SMILES string of the molecule is COc1ccc(N(CC(=O)N(Cc2cccc(C)c2)C(Cc2ccccc2)C(=O)NC(C)C)S(C)(=O)=O)cc1OC. The molecule has 3 aromatic carbocycles. The van der Waals surface area contributed by atoms with Crippen molar-refractivity contribution in [2.45, 2.75) is 45.8 Å². The maximum atomic E-state index is 14.1. The number of nitrogens with zero attached hydrogens (tertiary/aromatic N) is 2. The van der Waals surface area contributed by atoms with Crippen LogP contribution in [-0.4, -0.2) is 64.2 Å². The van der Waals surface area contributed by atoms with Gasteiger partial charge in [0.15, 0.2) is 11.5 Å². The summed E-state index contributed by atoms with van der Waals surface area (Å²) in [6.07, 6.45) is 1.29. The number of hydrogen-bond donors (Lipinski definition) is 1. The Hall–Kier alpha value is -4.05. The molecule has 0 aliphatic heterocycles. The van der Waals surface area contributed by atoms with Gasteiger partial charge in [-0.2, -0.15) is 0 Å². The summed E-state index contributed by atoms with van der Waals surface area (Å²) in [5.41, 5.74) is 2.94. The Labute approximate surface area is 243 Å². The van der Waals surface area contributed by atoms with Crippen molar-refractivity contribution in [2.75, 3.05) is 31.3 Å². The first-order valence-corrected chi connectivity index (χ1v) is 15.2. The summed E-state index contributed by atoms with van der Waals surface area (Å²) in [5.74, 6) is -0.0974. The minimum atomic E-state index is -3.91. The Morgan fingerprint density at radius 3 is 2.12 bits per heavy atom. The van der Waals surface area contributed by atoms with Crippen LogP contribution in [0.5, 0.6) is 11.5 Å². The standard InChI is InChI=1S/C31H39N3O6S/c1-22(2)32-31(36)27(18-24-12-8-7-9-13-24)33(20-25-14-10-11-23(3)17-25)30(35)21-34(41(6,37)38)26-15-16-28(39-4)29(19-26)40-5/h7-17,19,22,27H,18,20-21H2,1-6H3,(H,32,36). The number of anilines is 1. The number of nitrogens with one attached hydrogen (secondary N) is 1. The van der Waals surface area contributed by atoms with Crippen molar-refractivity contribution in [1.29, 1.82) is 0 Å². The molecule has 0 aliphatic rings. The van der Waals surface area contributed by atoms with Crippen LogP contribution in [0.15, 0.2) is 72.8 Å². The number of hydrogen-bond acceptors (Lipinski definition) is 6. The topological polar surface area (TPSA) is 105 Å². The van der Waals surface area contributed by atoms with Gasteiger partial charge in [-0.25, -0.2) is 8.42 Å². The van der Waals surface area contributed by atoms with Crippen molar-refractivity contribution >= 4 is 27.5 Å².